The molecule has 2 bridgehead atoms. The molecule has 4 aromatic rings. The van der Waals surface area contributed by atoms with Crippen molar-refractivity contribution in [2.24, 2.45) is 5.41 Å². The second-order valence-electron chi connectivity index (χ2n) is 16.7. The van der Waals surface area contributed by atoms with E-state index in [1.165, 1.54) is 43.4 Å². The summed E-state index contributed by atoms with van der Waals surface area (Å²) in [6.07, 6.45) is -5.76. The minimum atomic E-state index is -4.90. The normalized spacial score (nSPS) is 22.0. The summed E-state index contributed by atoms with van der Waals surface area (Å²) in [6, 6.07) is 19.6. The number of alkyl halides is 6. The molecule has 2 N–H and O–H groups in total. The third-order valence-electron chi connectivity index (χ3n) is 12.5. The van der Waals surface area contributed by atoms with Crippen molar-refractivity contribution in [1.82, 2.24) is 4.90 Å². The van der Waals surface area contributed by atoms with E-state index < -0.39 is 58.6 Å². The van der Waals surface area contributed by atoms with Crippen LogP contribution in [-0.2, 0) is 30.4 Å². The molecule has 1 amide bonds. The first kappa shape index (κ1) is 46.2. The van der Waals surface area contributed by atoms with E-state index in [4.69, 9.17) is 9.47 Å². The van der Waals surface area contributed by atoms with E-state index >= 15 is 0 Å². The Bertz CT molecular complexity index is 2270. The highest BCUT2D eigenvalue weighted by Gasteiger charge is 2.57. The number of methoxy groups -OCH3 is 2. The van der Waals surface area contributed by atoms with Gasteiger partial charge in [-0.2, -0.15) is 13.2 Å². The van der Waals surface area contributed by atoms with Crippen LogP contribution in [0.15, 0.2) is 96.6 Å². The summed E-state index contributed by atoms with van der Waals surface area (Å²) in [7, 11) is 2.95. The number of aliphatic hydroxyl groups excluding tert-OH is 1. The van der Waals surface area contributed by atoms with Crippen molar-refractivity contribution < 1.29 is 60.4 Å². The summed E-state index contributed by atoms with van der Waals surface area (Å²) in [6.45, 7) is 3.60. The molecular formula is C48H51F6NO7. The Morgan fingerprint density at radius 3 is 2.24 bits per heavy atom. The second-order valence-corrected chi connectivity index (χ2v) is 16.7. The van der Waals surface area contributed by atoms with Crippen molar-refractivity contribution in [3.05, 3.63) is 136 Å². The van der Waals surface area contributed by atoms with Gasteiger partial charge in [0.1, 0.15) is 5.75 Å². The lowest BCUT2D eigenvalue weighted by atomic mass is 9.64. The highest BCUT2D eigenvalue weighted by molar-refractivity contribution is 6.10. The number of aliphatic hydroxyl groups is 2. The number of nitrogens with zero attached hydrogens (tertiary/aromatic N) is 1. The lowest BCUT2D eigenvalue weighted by Crippen LogP contribution is -2.53. The second kappa shape index (κ2) is 18.6. The van der Waals surface area contributed by atoms with Crippen LogP contribution in [0.4, 0.5) is 26.3 Å². The molecule has 3 aliphatic carbocycles. The third kappa shape index (κ3) is 10.6. The van der Waals surface area contributed by atoms with E-state index in [9.17, 15) is 46.1 Å². The number of rotatable bonds is 11. The number of fused-ring (bicyclic) bond motifs is 8. The summed E-state index contributed by atoms with van der Waals surface area (Å²) in [4.78, 5) is 30.4. The molecule has 4 aromatic carbocycles. The van der Waals surface area contributed by atoms with E-state index in [0.717, 1.165) is 29.8 Å². The Morgan fingerprint density at radius 1 is 0.855 bits per heavy atom. The standard InChI is InChI=1S/C48H51F6NO7/c1-30-7-6-21-45(2)40(38-18-13-32(23-36(56)15-10-30)24-39(38)44(58)34-8-5-9-35(27-34)47(49,50)51)20-22-46(45,59)29-55(28-31-11-16-37(17-12-31)62-48(52,53)54)43(57)26-33-14-19-41(60-3)42(25-33)61-4/h5,7-9,11-14,16-19,24-25,27,36,40,56,59H,6,10,15,20-23,26,28-29H2,1-4H3. The number of halogens is 6. The first-order chi connectivity index (χ1) is 29.2. The van der Waals surface area contributed by atoms with Gasteiger partial charge in [-0.1, -0.05) is 61.0 Å². The zero-order valence-corrected chi connectivity index (χ0v) is 35.0. The van der Waals surface area contributed by atoms with Crippen molar-refractivity contribution in [2.75, 3.05) is 20.8 Å². The largest absolute Gasteiger partial charge is 0.573 e. The summed E-state index contributed by atoms with van der Waals surface area (Å²) < 4.78 is 95.4. The van der Waals surface area contributed by atoms with Gasteiger partial charge in [0.25, 0.3) is 0 Å². The van der Waals surface area contributed by atoms with Crippen LogP contribution in [-0.4, -0.2) is 65.6 Å². The summed E-state index contributed by atoms with van der Waals surface area (Å²) in [5, 5.41) is 24.1. The fraction of sp³-hybridized carbons (Fsp3) is 0.417. The Hall–Kier alpha value is -5.34. The molecule has 0 saturated heterocycles. The maximum atomic E-state index is 14.5. The van der Waals surface area contributed by atoms with E-state index in [1.807, 2.05) is 13.8 Å². The molecular weight excluding hydrogens is 817 g/mol. The van der Waals surface area contributed by atoms with Crippen molar-refractivity contribution in [3.8, 4) is 17.2 Å². The van der Waals surface area contributed by atoms with Crippen LogP contribution in [0.25, 0.3) is 0 Å². The maximum absolute atomic E-state index is 14.5. The van der Waals surface area contributed by atoms with E-state index in [1.54, 1.807) is 36.4 Å². The number of ketones is 1. The van der Waals surface area contributed by atoms with E-state index in [0.29, 0.717) is 65.9 Å². The van der Waals surface area contributed by atoms with Crippen LogP contribution < -0.4 is 14.2 Å². The van der Waals surface area contributed by atoms with Crippen molar-refractivity contribution >= 4 is 11.7 Å². The number of amides is 1. The lowest BCUT2D eigenvalue weighted by molar-refractivity contribution is -0.274. The number of hydrogen-bond donors (Lipinski definition) is 2. The van der Waals surface area contributed by atoms with Crippen molar-refractivity contribution in [1.29, 1.82) is 0 Å². The van der Waals surface area contributed by atoms with Gasteiger partial charge in [0, 0.05) is 23.1 Å². The maximum Gasteiger partial charge on any atom is 0.573 e. The van der Waals surface area contributed by atoms with Crippen molar-refractivity contribution in [3.63, 3.8) is 0 Å². The Labute approximate surface area is 357 Å². The van der Waals surface area contributed by atoms with Gasteiger partial charge in [-0.3, -0.25) is 9.59 Å². The first-order valence-corrected chi connectivity index (χ1v) is 20.5. The zero-order valence-electron chi connectivity index (χ0n) is 35.0. The van der Waals surface area contributed by atoms with Gasteiger partial charge < -0.3 is 29.3 Å². The fourth-order valence-corrected chi connectivity index (χ4v) is 9.03. The number of hydrogen-bond acceptors (Lipinski definition) is 7. The Balaban J connectivity index is 1.42. The van der Waals surface area contributed by atoms with Gasteiger partial charge >= 0.3 is 12.5 Å². The molecule has 1 saturated carbocycles. The summed E-state index contributed by atoms with van der Waals surface area (Å²) >= 11 is 0. The topological polar surface area (TPSA) is 106 Å². The number of carbonyl (C=O) groups is 2. The molecule has 62 heavy (non-hydrogen) atoms. The fourth-order valence-electron chi connectivity index (χ4n) is 9.03. The van der Waals surface area contributed by atoms with Gasteiger partial charge in [0.2, 0.25) is 5.91 Å². The van der Waals surface area contributed by atoms with Crippen LogP contribution in [0.2, 0.25) is 0 Å². The third-order valence-corrected chi connectivity index (χ3v) is 12.5. The molecule has 4 atom stereocenters. The molecule has 332 valence electrons. The lowest BCUT2D eigenvalue weighted by Gasteiger charge is -2.46. The molecule has 0 heterocycles. The first-order valence-electron chi connectivity index (χ1n) is 20.5. The summed E-state index contributed by atoms with van der Waals surface area (Å²) in [5.41, 5.74) is -0.348. The average molecular weight is 868 g/mol. The molecule has 14 heteroatoms. The van der Waals surface area contributed by atoms with Gasteiger partial charge in [-0.15, -0.1) is 13.2 Å². The smallest absolute Gasteiger partial charge is 0.493 e. The van der Waals surface area contributed by atoms with Crippen LogP contribution >= 0.6 is 0 Å². The SMILES string of the molecule is COc1ccc(CC(=O)N(Cc2ccc(OC(F)(F)F)cc2)CC2(O)CCC3c4ccc(cc4C(=O)c4cccc(C(F)(F)F)c4)CC(O)CCC(C)=CCCC32C)cc1OC. The minimum Gasteiger partial charge on any atom is -0.493 e. The number of carbonyl (C=O) groups excluding carboxylic acids is 2. The number of benzene rings is 4. The number of allylic oxidation sites excluding steroid dienone is 2. The highest BCUT2D eigenvalue weighted by atomic mass is 19.4. The van der Waals surface area contributed by atoms with Gasteiger partial charge in [-0.05, 0) is 123 Å². The number of ether oxygens (including phenoxy) is 3. The molecule has 8 nitrogen and oxygen atoms in total. The quantitative estimate of drug-likeness (QED) is 0.0879. The van der Waals surface area contributed by atoms with E-state index in [2.05, 4.69) is 10.8 Å². The highest BCUT2D eigenvalue weighted by Crippen LogP contribution is 2.59. The minimum absolute atomic E-state index is 0.0865. The predicted molar refractivity (Wildman–Crippen MR) is 220 cm³/mol. The predicted octanol–water partition coefficient (Wildman–Crippen LogP) is 10.2. The van der Waals surface area contributed by atoms with Crippen LogP contribution in [0.3, 0.4) is 0 Å². The van der Waals surface area contributed by atoms with Crippen molar-refractivity contribution in [2.45, 2.75) is 102 Å². The van der Waals surface area contributed by atoms with E-state index in [-0.39, 0.29) is 43.5 Å². The molecule has 1 fully saturated rings. The molecule has 0 radical (unpaired) electrons. The van der Waals surface area contributed by atoms with Crippen LogP contribution in [0, 0.1) is 5.41 Å². The van der Waals surface area contributed by atoms with Crippen LogP contribution in [0.5, 0.6) is 17.2 Å². The van der Waals surface area contributed by atoms with Crippen LogP contribution in [0.1, 0.15) is 102 Å². The Kier molecular flexibility index (Phi) is 13.8. The average Bonchev–Trinajstić information content (AvgIpc) is 3.47. The Morgan fingerprint density at radius 2 is 1.56 bits per heavy atom. The molecule has 0 aromatic heterocycles. The molecule has 0 aliphatic heterocycles. The molecule has 4 unspecified atom stereocenters. The molecule has 7 rings (SSSR count). The zero-order chi connectivity index (χ0) is 45.0. The van der Waals surface area contributed by atoms with Gasteiger partial charge in [-0.25, -0.2) is 0 Å². The van der Waals surface area contributed by atoms with Gasteiger partial charge in [0.05, 0.1) is 44.5 Å². The molecule has 3 aliphatic rings. The summed E-state index contributed by atoms with van der Waals surface area (Å²) in [5.74, 6) is -1.13. The van der Waals surface area contributed by atoms with Gasteiger partial charge in [0.15, 0.2) is 17.3 Å². The monoisotopic (exact) mass is 867 g/mol. The molecule has 0 spiro atoms.